The lowest BCUT2D eigenvalue weighted by atomic mass is 10.3. The third-order valence-electron chi connectivity index (χ3n) is 3.61. The van der Waals surface area contributed by atoms with Crippen LogP contribution in [0, 0.1) is 0 Å². The third-order valence-corrected chi connectivity index (χ3v) is 3.61. The van der Waals surface area contributed by atoms with Crippen LogP contribution in [0.2, 0.25) is 0 Å². The molecule has 2 amide bonds. The van der Waals surface area contributed by atoms with Crippen LogP contribution in [0.3, 0.4) is 0 Å². The van der Waals surface area contributed by atoms with Gasteiger partial charge in [0.2, 0.25) is 0 Å². The first-order valence-electron chi connectivity index (χ1n) is 7.76. The van der Waals surface area contributed by atoms with Gasteiger partial charge >= 0.3 is 11.8 Å². The van der Waals surface area contributed by atoms with E-state index in [0.717, 1.165) is 26.1 Å². The normalized spacial score (nSPS) is 10.9. The SMILES string of the molecule is CCN(CC)CCCNC(=O)C(=O)Nc1[nH]nc2ncccc12. The minimum atomic E-state index is -0.720. The number of nitrogens with zero attached hydrogens (tertiary/aromatic N) is 3. The van der Waals surface area contributed by atoms with Gasteiger partial charge in [-0.05, 0) is 38.2 Å². The van der Waals surface area contributed by atoms with E-state index in [1.165, 1.54) is 0 Å². The molecule has 0 aliphatic rings. The van der Waals surface area contributed by atoms with Crippen molar-refractivity contribution in [1.29, 1.82) is 0 Å². The summed E-state index contributed by atoms with van der Waals surface area (Å²) in [5.74, 6) is -1.00. The molecule has 8 heteroatoms. The minimum absolute atomic E-state index is 0.372. The lowest BCUT2D eigenvalue weighted by Gasteiger charge is -2.17. The maximum absolute atomic E-state index is 11.9. The molecule has 2 aromatic rings. The van der Waals surface area contributed by atoms with Crippen LogP contribution in [-0.2, 0) is 9.59 Å². The number of aromatic amines is 1. The van der Waals surface area contributed by atoms with Gasteiger partial charge in [0.1, 0.15) is 5.82 Å². The molecule has 0 saturated carbocycles. The molecule has 23 heavy (non-hydrogen) atoms. The molecule has 0 radical (unpaired) electrons. The average Bonchev–Trinajstić information content (AvgIpc) is 2.98. The van der Waals surface area contributed by atoms with E-state index in [-0.39, 0.29) is 0 Å². The Morgan fingerprint density at radius 3 is 2.78 bits per heavy atom. The van der Waals surface area contributed by atoms with Crippen LogP contribution in [0.5, 0.6) is 0 Å². The summed E-state index contributed by atoms with van der Waals surface area (Å²) in [5.41, 5.74) is 0.488. The van der Waals surface area contributed by atoms with Gasteiger partial charge in [0.25, 0.3) is 0 Å². The number of aromatic nitrogens is 3. The van der Waals surface area contributed by atoms with E-state index in [4.69, 9.17) is 0 Å². The fourth-order valence-corrected chi connectivity index (χ4v) is 2.24. The molecule has 2 rings (SSSR count). The smallest absolute Gasteiger partial charge is 0.314 e. The van der Waals surface area contributed by atoms with E-state index in [1.54, 1.807) is 18.3 Å². The molecule has 0 aliphatic heterocycles. The van der Waals surface area contributed by atoms with Crippen molar-refractivity contribution in [1.82, 2.24) is 25.4 Å². The van der Waals surface area contributed by atoms with Gasteiger partial charge in [-0.15, -0.1) is 0 Å². The van der Waals surface area contributed by atoms with Crippen LogP contribution in [0.15, 0.2) is 18.3 Å². The molecule has 124 valence electrons. The van der Waals surface area contributed by atoms with Gasteiger partial charge in [-0.2, -0.15) is 5.10 Å². The minimum Gasteiger partial charge on any atom is -0.348 e. The summed E-state index contributed by atoms with van der Waals surface area (Å²) in [6.45, 7) is 7.51. The zero-order valence-corrected chi connectivity index (χ0v) is 13.4. The van der Waals surface area contributed by atoms with E-state index in [9.17, 15) is 9.59 Å². The number of carbonyl (C=O) groups is 2. The second-order valence-electron chi connectivity index (χ2n) is 5.06. The highest BCUT2D eigenvalue weighted by Gasteiger charge is 2.16. The lowest BCUT2D eigenvalue weighted by molar-refractivity contribution is -0.136. The van der Waals surface area contributed by atoms with Gasteiger partial charge in [-0.25, -0.2) is 4.98 Å². The molecule has 0 bridgehead atoms. The van der Waals surface area contributed by atoms with Crippen molar-refractivity contribution >= 4 is 28.7 Å². The summed E-state index contributed by atoms with van der Waals surface area (Å²) in [4.78, 5) is 30.0. The van der Waals surface area contributed by atoms with Crippen molar-refractivity contribution < 1.29 is 9.59 Å². The van der Waals surface area contributed by atoms with E-state index in [2.05, 4.69) is 44.6 Å². The molecule has 0 unspecified atom stereocenters. The largest absolute Gasteiger partial charge is 0.348 e. The van der Waals surface area contributed by atoms with Crippen LogP contribution < -0.4 is 10.6 Å². The number of H-pyrrole nitrogens is 1. The molecule has 0 fully saturated rings. The molecule has 0 aromatic carbocycles. The number of pyridine rings is 1. The Morgan fingerprint density at radius 2 is 2.04 bits per heavy atom. The Hall–Kier alpha value is -2.48. The number of hydrogen-bond donors (Lipinski definition) is 3. The molecule has 2 heterocycles. The molecule has 2 aromatic heterocycles. The second kappa shape index (κ2) is 8.23. The van der Waals surface area contributed by atoms with Gasteiger partial charge in [0.05, 0.1) is 5.39 Å². The first-order valence-corrected chi connectivity index (χ1v) is 7.76. The first-order chi connectivity index (χ1) is 11.2. The third kappa shape index (κ3) is 4.49. The predicted octanol–water partition coefficient (Wildman–Crippen LogP) is 0.745. The van der Waals surface area contributed by atoms with Crippen molar-refractivity contribution in [3.05, 3.63) is 18.3 Å². The Morgan fingerprint density at radius 1 is 1.26 bits per heavy atom. The van der Waals surface area contributed by atoms with Crippen molar-refractivity contribution in [3.63, 3.8) is 0 Å². The van der Waals surface area contributed by atoms with Crippen LogP contribution >= 0.6 is 0 Å². The summed E-state index contributed by atoms with van der Waals surface area (Å²) in [7, 11) is 0. The van der Waals surface area contributed by atoms with Crippen LogP contribution in [0.25, 0.3) is 11.0 Å². The maximum Gasteiger partial charge on any atom is 0.314 e. The Balaban J connectivity index is 1.80. The number of carbonyl (C=O) groups excluding carboxylic acids is 2. The van der Waals surface area contributed by atoms with Gasteiger partial charge in [-0.3, -0.25) is 14.7 Å². The van der Waals surface area contributed by atoms with E-state index < -0.39 is 11.8 Å². The number of rotatable bonds is 7. The number of hydrogen-bond acceptors (Lipinski definition) is 5. The first kappa shape index (κ1) is 16.9. The van der Waals surface area contributed by atoms with E-state index >= 15 is 0 Å². The van der Waals surface area contributed by atoms with E-state index in [1.807, 2.05) is 0 Å². The Labute approximate surface area is 134 Å². The second-order valence-corrected chi connectivity index (χ2v) is 5.06. The lowest BCUT2D eigenvalue weighted by Crippen LogP contribution is -2.37. The van der Waals surface area contributed by atoms with Crippen molar-refractivity contribution in [3.8, 4) is 0 Å². The number of nitrogens with one attached hydrogen (secondary N) is 3. The standard InChI is InChI=1S/C15H22N6O2/c1-3-21(4-2)10-6-9-17-14(22)15(23)18-13-11-7-5-8-16-12(11)19-20-13/h5,7-8H,3-4,6,9-10H2,1-2H3,(H,17,22)(H2,16,18,19,20,23). The van der Waals surface area contributed by atoms with Crippen molar-refractivity contribution in [2.75, 3.05) is 31.5 Å². The number of fused-ring (bicyclic) bond motifs is 1. The fourth-order valence-electron chi connectivity index (χ4n) is 2.24. The average molecular weight is 318 g/mol. The van der Waals surface area contributed by atoms with E-state index in [0.29, 0.717) is 23.4 Å². The summed E-state index contributed by atoms with van der Waals surface area (Å²) < 4.78 is 0. The summed E-state index contributed by atoms with van der Waals surface area (Å²) in [5, 5.41) is 12.4. The van der Waals surface area contributed by atoms with Gasteiger partial charge in [-0.1, -0.05) is 13.8 Å². The highest BCUT2D eigenvalue weighted by atomic mass is 16.2. The maximum atomic E-state index is 11.9. The quantitative estimate of drug-likeness (QED) is 0.516. The Bertz CT molecular complexity index is 665. The van der Waals surface area contributed by atoms with Crippen molar-refractivity contribution in [2.45, 2.75) is 20.3 Å². The molecule has 0 aliphatic carbocycles. The topological polar surface area (TPSA) is 103 Å². The Kier molecular flexibility index (Phi) is 6.04. The zero-order valence-electron chi connectivity index (χ0n) is 13.4. The number of anilines is 1. The van der Waals surface area contributed by atoms with Gasteiger partial charge in [0.15, 0.2) is 5.65 Å². The number of amides is 2. The molecular weight excluding hydrogens is 296 g/mol. The molecule has 0 spiro atoms. The zero-order chi connectivity index (χ0) is 16.7. The monoisotopic (exact) mass is 318 g/mol. The molecular formula is C15H22N6O2. The fraction of sp³-hybridized carbons (Fsp3) is 0.467. The van der Waals surface area contributed by atoms with Crippen molar-refractivity contribution in [2.24, 2.45) is 0 Å². The molecule has 3 N–H and O–H groups in total. The summed E-state index contributed by atoms with van der Waals surface area (Å²) in [6, 6.07) is 3.50. The van der Waals surface area contributed by atoms with Crippen LogP contribution in [0.4, 0.5) is 5.82 Å². The van der Waals surface area contributed by atoms with Gasteiger partial charge < -0.3 is 15.5 Å². The molecule has 0 atom stereocenters. The van der Waals surface area contributed by atoms with Crippen LogP contribution in [0.1, 0.15) is 20.3 Å². The summed E-state index contributed by atoms with van der Waals surface area (Å²) >= 11 is 0. The molecule has 0 saturated heterocycles. The highest BCUT2D eigenvalue weighted by Crippen LogP contribution is 2.17. The molecule has 8 nitrogen and oxygen atoms in total. The van der Waals surface area contributed by atoms with Crippen LogP contribution in [-0.4, -0.2) is 58.1 Å². The summed E-state index contributed by atoms with van der Waals surface area (Å²) in [6.07, 6.45) is 2.41. The highest BCUT2D eigenvalue weighted by molar-refractivity contribution is 6.40. The predicted molar refractivity (Wildman–Crippen MR) is 87.9 cm³/mol. The van der Waals surface area contributed by atoms with Gasteiger partial charge in [0, 0.05) is 12.7 Å².